The highest BCUT2D eigenvalue weighted by Gasteiger charge is 2.24. The van der Waals surface area contributed by atoms with E-state index in [2.05, 4.69) is 16.4 Å². The molecular weight excluding hydrogens is 326 g/mol. The molecule has 0 bridgehead atoms. The van der Waals surface area contributed by atoms with Crippen LogP contribution in [0.2, 0.25) is 0 Å². The molecule has 1 aromatic heterocycles. The molecule has 2 heterocycles. The third kappa shape index (κ3) is 2.86. The van der Waals surface area contributed by atoms with Gasteiger partial charge in [-0.2, -0.15) is 0 Å². The fraction of sp³-hybridized carbons (Fsp3) is 0.238. The highest BCUT2D eigenvalue weighted by Crippen LogP contribution is 2.30. The topological polar surface area (TPSA) is 65.2 Å². The number of nitrogens with one attached hydrogen (secondary N) is 2. The van der Waals surface area contributed by atoms with Crippen molar-refractivity contribution in [2.75, 3.05) is 16.8 Å². The number of aryl methyl sites for hydroxylation is 1. The van der Waals surface area contributed by atoms with Crippen molar-refractivity contribution < 1.29 is 9.59 Å². The fourth-order valence-electron chi connectivity index (χ4n) is 3.55. The maximum absolute atomic E-state index is 12.6. The number of aromatic amines is 1. The number of anilines is 2. The van der Waals surface area contributed by atoms with Crippen molar-refractivity contribution >= 4 is 34.1 Å². The smallest absolute Gasteiger partial charge is 0.255 e. The van der Waals surface area contributed by atoms with E-state index in [1.165, 1.54) is 0 Å². The van der Waals surface area contributed by atoms with Gasteiger partial charge in [0.2, 0.25) is 5.91 Å². The Hall–Kier alpha value is -3.08. The molecular formula is C21H21N3O2. The number of nitrogens with zero attached hydrogens (tertiary/aromatic N) is 1. The van der Waals surface area contributed by atoms with E-state index >= 15 is 0 Å². The number of rotatable bonds is 3. The molecule has 0 saturated carbocycles. The Morgan fingerprint density at radius 1 is 1.15 bits per heavy atom. The molecule has 132 valence electrons. The number of benzene rings is 2. The molecule has 0 fully saturated rings. The Balaban J connectivity index is 1.55. The zero-order valence-corrected chi connectivity index (χ0v) is 14.9. The number of carbonyl (C=O) groups is 2. The molecule has 1 aliphatic rings. The first-order valence-electron chi connectivity index (χ1n) is 8.89. The minimum atomic E-state index is -0.139. The first-order valence-corrected chi connectivity index (χ1v) is 8.89. The second kappa shape index (κ2) is 6.33. The molecule has 0 unspecified atom stereocenters. The highest BCUT2D eigenvalue weighted by atomic mass is 16.2. The van der Waals surface area contributed by atoms with E-state index in [0.717, 1.165) is 40.0 Å². The summed E-state index contributed by atoms with van der Waals surface area (Å²) in [6, 6.07) is 13.4. The molecule has 2 amide bonds. The molecule has 2 aromatic carbocycles. The normalized spacial score (nSPS) is 13.1. The van der Waals surface area contributed by atoms with Gasteiger partial charge >= 0.3 is 0 Å². The summed E-state index contributed by atoms with van der Waals surface area (Å²) in [5.41, 5.74) is 5.51. The van der Waals surface area contributed by atoms with Crippen molar-refractivity contribution in [2.45, 2.75) is 26.7 Å². The molecule has 5 heteroatoms. The van der Waals surface area contributed by atoms with E-state index in [1.807, 2.05) is 44.2 Å². The van der Waals surface area contributed by atoms with E-state index in [9.17, 15) is 9.59 Å². The van der Waals surface area contributed by atoms with Crippen LogP contribution in [0.5, 0.6) is 0 Å². The van der Waals surface area contributed by atoms with Crippen LogP contribution in [0.3, 0.4) is 0 Å². The molecule has 0 saturated heterocycles. The van der Waals surface area contributed by atoms with Gasteiger partial charge in [0.25, 0.3) is 5.91 Å². The van der Waals surface area contributed by atoms with Gasteiger partial charge < -0.3 is 15.2 Å². The number of amides is 2. The van der Waals surface area contributed by atoms with E-state index in [0.29, 0.717) is 18.5 Å². The minimum absolute atomic E-state index is 0.121. The molecule has 2 N–H and O–H groups in total. The second-order valence-electron chi connectivity index (χ2n) is 6.70. The molecule has 0 atom stereocenters. The summed E-state index contributed by atoms with van der Waals surface area (Å²) >= 11 is 0. The predicted octanol–water partition coefficient (Wildman–Crippen LogP) is 4.03. The average Bonchev–Trinajstić information content (AvgIpc) is 3.22. The van der Waals surface area contributed by atoms with Gasteiger partial charge in [0, 0.05) is 46.5 Å². The molecule has 4 rings (SSSR count). The van der Waals surface area contributed by atoms with Gasteiger partial charge in [-0.05, 0) is 61.4 Å². The van der Waals surface area contributed by atoms with E-state index in [1.54, 1.807) is 11.0 Å². The zero-order valence-electron chi connectivity index (χ0n) is 14.9. The summed E-state index contributed by atoms with van der Waals surface area (Å²) < 4.78 is 0. The maximum Gasteiger partial charge on any atom is 0.255 e. The number of carbonyl (C=O) groups excluding carboxylic acids is 2. The summed E-state index contributed by atoms with van der Waals surface area (Å²) in [7, 11) is 0. The fourth-order valence-corrected chi connectivity index (χ4v) is 3.55. The predicted molar refractivity (Wildman–Crippen MR) is 104 cm³/mol. The summed E-state index contributed by atoms with van der Waals surface area (Å²) in [4.78, 5) is 29.7. The molecule has 5 nitrogen and oxygen atoms in total. The van der Waals surface area contributed by atoms with Gasteiger partial charge in [-0.25, -0.2) is 0 Å². The zero-order chi connectivity index (χ0) is 18.3. The minimum Gasteiger partial charge on any atom is -0.359 e. The van der Waals surface area contributed by atoms with Crippen LogP contribution in [0.25, 0.3) is 10.9 Å². The lowest BCUT2D eigenvalue weighted by molar-refractivity contribution is -0.118. The van der Waals surface area contributed by atoms with Gasteiger partial charge in [-0.1, -0.05) is 6.92 Å². The van der Waals surface area contributed by atoms with Gasteiger partial charge in [0.1, 0.15) is 0 Å². The van der Waals surface area contributed by atoms with Crippen molar-refractivity contribution in [3.63, 3.8) is 0 Å². The van der Waals surface area contributed by atoms with Gasteiger partial charge in [0.15, 0.2) is 0 Å². The third-order valence-corrected chi connectivity index (χ3v) is 4.85. The lowest BCUT2D eigenvalue weighted by atomic mass is 10.1. The standard InChI is InChI=1S/C21H21N3O2/c1-3-20(25)24-9-8-14-11-15(4-7-19(14)24)21(26)23-17-5-6-18-16(12-17)10-13(2)22-18/h4-7,10-12,22H,3,8-9H2,1-2H3,(H,23,26). The monoisotopic (exact) mass is 347 g/mol. The van der Waals surface area contributed by atoms with Crippen LogP contribution in [0, 0.1) is 6.92 Å². The van der Waals surface area contributed by atoms with Crippen LogP contribution in [0.15, 0.2) is 42.5 Å². The van der Waals surface area contributed by atoms with Gasteiger partial charge in [-0.15, -0.1) is 0 Å². The van der Waals surface area contributed by atoms with Crippen LogP contribution in [0.4, 0.5) is 11.4 Å². The number of hydrogen-bond donors (Lipinski definition) is 2. The second-order valence-corrected chi connectivity index (χ2v) is 6.70. The van der Waals surface area contributed by atoms with Crippen molar-refractivity contribution in [3.8, 4) is 0 Å². The van der Waals surface area contributed by atoms with Gasteiger partial charge in [-0.3, -0.25) is 9.59 Å². The van der Waals surface area contributed by atoms with Gasteiger partial charge in [0.05, 0.1) is 0 Å². The van der Waals surface area contributed by atoms with Crippen LogP contribution in [0.1, 0.15) is 35.0 Å². The van der Waals surface area contributed by atoms with Crippen LogP contribution >= 0.6 is 0 Å². The summed E-state index contributed by atoms with van der Waals surface area (Å²) in [6.07, 6.45) is 1.28. The summed E-state index contributed by atoms with van der Waals surface area (Å²) in [5, 5.41) is 4.03. The first-order chi connectivity index (χ1) is 12.5. The van der Waals surface area contributed by atoms with E-state index in [4.69, 9.17) is 0 Å². The number of hydrogen-bond acceptors (Lipinski definition) is 2. The largest absolute Gasteiger partial charge is 0.359 e. The van der Waals surface area contributed by atoms with Crippen molar-refractivity contribution in [1.29, 1.82) is 0 Å². The Labute approximate surface area is 152 Å². The highest BCUT2D eigenvalue weighted by molar-refractivity contribution is 6.06. The first kappa shape index (κ1) is 16.4. The number of H-pyrrole nitrogens is 1. The van der Waals surface area contributed by atoms with Crippen LogP contribution < -0.4 is 10.2 Å². The Kier molecular flexibility index (Phi) is 3.99. The molecule has 26 heavy (non-hydrogen) atoms. The average molecular weight is 347 g/mol. The molecule has 0 radical (unpaired) electrons. The number of aromatic nitrogens is 1. The number of fused-ring (bicyclic) bond motifs is 2. The Morgan fingerprint density at radius 2 is 2.00 bits per heavy atom. The molecule has 1 aliphatic heterocycles. The molecule has 3 aromatic rings. The lowest BCUT2D eigenvalue weighted by Gasteiger charge is -2.16. The van der Waals surface area contributed by atoms with Crippen molar-refractivity contribution in [2.24, 2.45) is 0 Å². The Morgan fingerprint density at radius 3 is 2.81 bits per heavy atom. The summed E-state index contributed by atoms with van der Waals surface area (Å²) in [6.45, 7) is 4.57. The van der Waals surface area contributed by atoms with Crippen molar-refractivity contribution in [3.05, 3.63) is 59.3 Å². The van der Waals surface area contributed by atoms with Crippen molar-refractivity contribution in [1.82, 2.24) is 4.98 Å². The summed E-state index contributed by atoms with van der Waals surface area (Å²) in [5.74, 6) is -0.0178. The quantitative estimate of drug-likeness (QED) is 0.751. The third-order valence-electron chi connectivity index (χ3n) is 4.85. The lowest BCUT2D eigenvalue weighted by Crippen LogP contribution is -2.27. The molecule has 0 spiro atoms. The van der Waals surface area contributed by atoms with Crippen LogP contribution in [-0.2, 0) is 11.2 Å². The molecule has 0 aliphatic carbocycles. The SMILES string of the molecule is CCC(=O)N1CCc2cc(C(=O)Nc3ccc4[nH]c(C)cc4c3)ccc21. The van der Waals surface area contributed by atoms with E-state index < -0.39 is 0 Å². The van der Waals surface area contributed by atoms with Crippen LogP contribution in [-0.4, -0.2) is 23.3 Å². The van der Waals surface area contributed by atoms with E-state index in [-0.39, 0.29) is 11.8 Å². The maximum atomic E-state index is 12.6. The Bertz CT molecular complexity index is 1020.